The maximum atomic E-state index is 13.5. The van der Waals surface area contributed by atoms with Gasteiger partial charge in [-0.25, -0.2) is 9.07 Å². The van der Waals surface area contributed by atoms with Crippen molar-refractivity contribution in [2.24, 2.45) is 0 Å². The molecule has 154 valence electrons. The van der Waals surface area contributed by atoms with Crippen LogP contribution in [0.3, 0.4) is 0 Å². The Balaban J connectivity index is 1.59. The monoisotopic (exact) mass is 539 g/mol. The van der Waals surface area contributed by atoms with E-state index in [1.807, 2.05) is 4.90 Å². The lowest BCUT2D eigenvalue weighted by molar-refractivity contribution is -0.141. The summed E-state index contributed by atoms with van der Waals surface area (Å²) in [5.41, 5.74) is 0.685. The smallest absolute Gasteiger partial charge is 0.366 e. The summed E-state index contributed by atoms with van der Waals surface area (Å²) in [5.74, 6) is -0.358. The van der Waals surface area contributed by atoms with Gasteiger partial charge in [-0.05, 0) is 54.1 Å². The fourth-order valence-corrected chi connectivity index (χ4v) is 4.64. The van der Waals surface area contributed by atoms with Crippen molar-refractivity contribution in [3.63, 3.8) is 0 Å². The van der Waals surface area contributed by atoms with Gasteiger partial charge in [0.25, 0.3) is 0 Å². The Kier molecular flexibility index (Phi) is 5.26. The molecule has 0 saturated carbocycles. The van der Waals surface area contributed by atoms with Crippen LogP contribution in [0.1, 0.15) is 23.9 Å². The van der Waals surface area contributed by atoms with Crippen molar-refractivity contribution < 1.29 is 17.6 Å². The average Bonchev–Trinajstić information content (AvgIpc) is 3.33. The van der Waals surface area contributed by atoms with Crippen molar-refractivity contribution in [2.75, 3.05) is 18.0 Å². The van der Waals surface area contributed by atoms with Crippen LogP contribution < -0.4 is 4.90 Å². The van der Waals surface area contributed by atoms with E-state index in [2.05, 4.69) is 32.8 Å². The number of hydrogen-bond donors (Lipinski definition) is 0. The van der Waals surface area contributed by atoms with Crippen LogP contribution >= 0.6 is 34.2 Å². The number of nitrogens with zero attached hydrogens (tertiary/aromatic N) is 5. The van der Waals surface area contributed by atoms with Gasteiger partial charge in [0.15, 0.2) is 5.69 Å². The van der Waals surface area contributed by atoms with E-state index in [0.29, 0.717) is 30.9 Å². The fraction of sp³-hybridized carbons (Fsp3) is 0.333. The molecule has 4 rings (SSSR count). The van der Waals surface area contributed by atoms with E-state index < -0.39 is 11.9 Å². The summed E-state index contributed by atoms with van der Waals surface area (Å²) in [6, 6.07) is 5.87. The molecule has 1 saturated heterocycles. The molecular formula is C18H15ClF4IN5. The highest BCUT2D eigenvalue weighted by atomic mass is 127. The van der Waals surface area contributed by atoms with Gasteiger partial charge in [-0.3, -0.25) is 4.68 Å². The number of anilines is 1. The summed E-state index contributed by atoms with van der Waals surface area (Å²) in [7, 11) is 0. The predicted molar refractivity (Wildman–Crippen MR) is 109 cm³/mol. The molecule has 1 aliphatic heterocycles. The van der Waals surface area contributed by atoms with Crippen LogP contribution in [0.2, 0.25) is 5.02 Å². The highest BCUT2D eigenvalue weighted by Crippen LogP contribution is 2.38. The third-order valence-corrected chi connectivity index (χ3v) is 6.40. The summed E-state index contributed by atoms with van der Waals surface area (Å²) >= 11 is 8.01. The molecule has 1 atom stereocenters. The highest BCUT2D eigenvalue weighted by Gasteiger charge is 2.40. The van der Waals surface area contributed by atoms with E-state index in [-0.39, 0.29) is 16.9 Å². The molecule has 11 heteroatoms. The highest BCUT2D eigenvalue weighted by molar-refractivity contribution is 14.1. The Morgan fingerprint density at radius 1 is 1.28 bits per heavy atom. The van der Waals surface area contributed by atoms with Crippen LogP contribution in [0.4, 0.5) is 23.2 Å². The normalized spacial score (nSPS) is 17.3. The van der Waals surface area contributed by atoms with Crippen LogP contribution in [0.25, 0.3) is 5.69 Å². The first-order chi connectivity index (χ1) is 13.7. The van der Waals surface area contributed by atoms with E-state index in [1.54, 1.807) is 29.9 Å². The minimum atomic E-state index is -4.59. The number of aromatic nitrogens is 4. The molecular weight excluding hydrogens is 525 g/mol. The van der Waals surface area contributed by atoms with Gasteiger partial charge >= 0.3 is 6.18 Å². The van der Waals surface area contributed by atoms with Crippen LogP contribution in [0, 0.1) is 16.4 Å². The maximum Gasteiger partial charge on any atom is 0.436 e. The molecule has 2 aromatic heterocycles. The number of hydrogen-bond acceptors (Lipinski definition) is 3. The predicted octanol–water partition coefficient (Wildman–Crippen LogP) is 5.24. The van der Waals surface area contributed by atoms with Crippen molar-refractivity contribution >= 4 is 39.9 Å². The molecule has 3 heterocycles. The molecule has 0 radical (unpaired) electrons. The van der Waals surface area contributed by atoms with Gasteiger partial charge < -0.3 is 4.90 Å². The Bertz CT molecular complexity index is 1060. The molecule has 5 nitrogen and oxygen atoms in total. The lowest BCUT2D eigenvalue weighted by Gasteiger charge is -2.18. The lowest BCUT2D eigenvalue weighted by Crippen LogP contribution is -2.22. The third kappa shape index (κ3) is 3.72. The maximum absolute atomic E-state index is 13.5. The second-order valence-corrected chi connectivity index (χ2v) is 8.19. The minimum absolute atomic E-state index is 0.239. The average molecular weight is 540 g/mol. The van der Waals surface area contributed by atoms with E-state index in [0.717, 1.165) is 9.39 Å². The van der Waals surface area contributed by atoms with E-state index >= 15 is 0 Å². The largest absolute Gasteiger partial charge is 0.436 e. The van der Waals surface area contributed by atoms with Crippen molar-refractivity contribution in [3.05, 3.63) is 56.4 Å². The zero-order valence-electron chi connectivity index (χ0n) is 15.1. The van der Waals surface area contributed by atoms with Gasteiger partial charge in [0.2, 0.25) is 0 Å². The van der Waals surface area contributed by atoms with Crippen LogP contribution in [-0.2, 0) is 6.18 Å². The van der Waals surface area contributed by atoms with Crippen LogP contribution in [-0.4, -0.2) is 32.7 Å². The minimum Gasteiger partial charge on any atom is -0.366 e. The Morgan fingerprint density at radius 2 is 2.03 bits per heavy atom. The number of rotatable bonds is 3. The number of benzene rings is 1. The van der Waals surface area contributed by atoms with Crippen molar-refractivity contribution in [2.45, 2.75) is 25.6 Å². The number of alkyl halides is 3. The molecule has 1 aliphatic rings. The lowest BCUT2D eigenvalue weighted by atomic mass is 10.2. The van der Waals surface area contributed by atoms with E-state index in [1.165, 1.54) is 16.8 Å². The van der Waals surface area contributed by atoms with Crippen LogP contribution in [0.5, 0.6) is 0 Å². The Hall–Kier alpha value is -1.82. The number of halogens is 6. The van der Waals surface area contributed by atoms with Gasteiger partial charge in [-0.15, -0.1) is 0 Å². The first kappa shape index (κ1) is 20.5. The molecule has 0 N–H and O–H groups in total. The first-order valence-electron chi connectivity index (χ1n) is 8.73. The van der Waals surface area contributed by atoms with Gasteiger partial charge in [0.05, 0.1) is 34.3 Å². The van der Waals surface area contributed by atoms with E-state index in [9.17, 15) is 17.6 Å². The quantitative estimate of drug-likeness (QED) is 0.337. The fourth-order valence-electron chi connectivity index (χ4n) is 3.52. The van der Waals surface area contributed by atoms with Gasteiger partial charge in [-0.1, -0.05) is 17.7 Å². The Labute approximate surface area is 182 Å². The summed E-state index contributed by atoms with van der Waals surface area (Å²) < 4.78 is 56.6. The van der Waals surface area contributed by atoms with Crippen molar-refractivity contribution in [1.82, 2.24) is 19.6 Å². The van der Waals surface area contributed by atoms with E-state index in [4.69, 9.17) is 11.6 Å². The molecule has 0 bridgehead atoms. The summed E-state index contributed by atoms with van der Waals surface area (Å²) in [6.07, 6.45) is -2.29. The summed E-state index contributed by atoms with van der Waals surface area (Å²) in [6.45, 7) is 2.65. The molecule has 29 heavy (non-hydrogen) atoms. The first-order valence-corrected chi connectivity index (χ1v) is 10.2. The SMILES string of the molecule is Cc1c(Cl)c(C(F)(F)F)nn1C1CCN(c2cnn(-c3cccc(F)c3)c2I)C1. The molecule has 0 spiro atoms. The second-order valence-electron chi connectivity index (χ2n) is 6.79. The summed E-state index contributed by atoms with van der Waals surface area (Å²) in [4.78, 5) is 2.04. The standard InChI is InChI=1S/C18H15ClF4IN5/c1-10-15(19)16(18(21,22)23)26-28(10)13-5-6-27(9-13)14-8-25-29(17(14)24)12-4-2-3-11(20)7-12/h2-4,7-8,13H,5-6,9H2,1H3. The third-order valence-electron chi connectivity index (χ3n) is 4.94. The Morgan fingerprint density at radius 3 is 2.69 bits per heavy atom. The molecule has 3 aromatic rings. The molecule has 1 aromatic carbocycles. The zero-order valence-corrected chi connectivity index (χ0v) is 18.0. The summed E-state index contributed by atoms with van der Waals surface area (Å²) in [5, 5.41) is 7.73. The molecule has 1 fully saturated rings. The second kappa shape index (κ2) is 7.46. The van der Waals surface area contributed by atoms with Crippen LogP contribution in [0.15, 0.2) is 30.5 Å². The van der Waals surface area contributed by atoms with Gasteiger partial charge in [-0.2, -0.15) is 23.4 Å². The van der Waals surface area contributed by atoms with Gasteiger partial charge in [0.1, 0.15) is 9.52 Å². The zero-order chi connectivity index (χ0) is 20.9. The van der Waals surface area contributed by atoms with Crippen molar-refractivity contribution in [3.8, 4) is 5.69 Å². The molecule has 0 aliphatic carbocycles. The topological polar surface area (TPSA) is 38.9 Å². The van der Waals surface area contributed by atoms with Crippen molar-refractivity contribution in [1.29, 1.82) is 0 Å². The molecule has 1 unspecified atom stereocenters. The molecule has 0 amide bonds. The van der Waals surface area contributed by atoms with Gasteiger partial charge in [0, 0.05) is 13.1 Å².